The van der Waals surface area contributed by atoms with Gasteiger partial charge in [-0.15, -0.1) is 0 Å². The molecule has 0 saturated heterocycles. The number of aromatic nitrogens is 5. The van der Waals surface area contributed by atoms with Gasteiger partial charge in [-0.25, -0.2) is 9.97 Å². The average Bonchev–Trinajstić information content (AvgIpc) is 3.18. The Balaban J connectivity index is 1.82. The largest absolute Gasteiger partial charge is 0.375 e. The number of benzene rings is 1. The Morgan fingerprint density at radius 1 is 1.16 bits per heavy atom. The summed E-state index contributed by atoms with van der Waals surface area (Å²) in [6.45, 7) is 1.93. The van der Waals surface area contributed by atoms with Crippen LogP contribution in [0, 0.1) is 11.3 Å². The van der Waals surface area contributed by atoms with Gasteiger partial charge in [0.15, 0.2) is 5.82 Å². The third-order valence-corrected chi connectivity index (χ3v) is 5.21. The summed E-state index contributed by atoms with van der Waals surface area (Å²) < 4.78 is 3.19. The van der Waals surface area contributed by atoms with Crippen LogP contribution in [0.4, 0.5) is 17.1 Å². The summed E-state index contributed by atoms with van der Waals surface area (Å²) in [6, 6.07) is 10.7. The number of aryl methyl sites for hydroxylation is 2. The van der Waals surface area contributed by atoms with Gasteiger partial charge in [-0.1, -0.05) is 23.7 Å². The number of nitriles is 1. The number of rotatable bonds is 5. The molecule has 0 bridgehead atoms. The molecule has 2 N–H and O–H groups in total. The fourth-order valence-electron chi connectivity index (χ4n) is 3.39. The number of halogens is 1. The maximum Gasteiger partial charge on any atom is 0.252 e. The van der Waals surface area contributed by atoms with Gasteiger partial charge in [-0.05, 0) is 19.1 Å². The highest BCUT2D eigenvalue weighted by Gasteiger charge is 2.16. The van der Waals surface area contributed by atoms with Crippen molar-refractivity contribution in [3.8, 4) is 6.07 Å². The molecule has 10 heteroatoms. The van der Waals surface area contributed by atoms with E-state index < -0.39 is 0 Å². The molecular formula is C21H19ClN8O. The highest BCUT2D eigenvalue weighted by molar-refractivity contribution is 6.31. The van der Waals surface area contributed by atoms with E-state index in [2.05, 4.69) is 31.8 Å². The summed E-state index contributed by atoms with van der Waals surface area (Å²) in [5.74, 6) is 0.621. The maximum atomic E-state index is 12.7. The molecule has 0 saturated carbocycles. The van der Waals surface area contributed by atoms with Crippen molar-refractivity contribution >= 4 is 39.6 Å². The molecule has 0 spiro atoms. The Labute approximate surface area is 182 Å². The smallest absolute Gasteiger partial charge is 0.252 e. The standard InChI is InChI=1S/C21H19ClN8O/c1-12(21-25-11-29(2)28-21)26-17-9-18(31)30(3)19-13(17)5-4-6-16(19)27-15-7-8-24-20(22)14(15)10-23/h4-9,11-12,26H,1-3H3,(H,24,27). The van der Waals surface area contributed by atoms with Crippen LogP contribution in [0.25, 0.3) is 10.9 Å². The zero-order chi connectivity index (χ0) is 22.1. The van der Waals surface area contributed by atoms with Crippen molar-refractivity contribution in [3.05, 3.63) is 69.8 Å². The summed E-state index contributed by atoms with van der Waals surface area (Å²) >= 11 is 6.06. The van der Waals surface area contributed by atoms with E-state index in [1.807, 2.05) is 25.1 Å². The van der Waals surface area contributed by atoms with Crippen LogP contribution in [-0.4, -0.2) is 24.3 Å². The number of para-hydroxylation sites is 1. The van der Waals surface area contributed by atoms with Crippen LogP contribution in [0.15, 0.2) is 47.7 Å². The number of nitrogens with one attached hydrogen (secondary N) is 2. The highest BCUT2D eigenvalue weighted by atomic mass is 35.5. The van der Waals surface area contributed by atoms with Crippen LogP contribution >= 0.6 is 11.6 Å². The second kappa shape index (κ2) is 8.08. The van der Waals surface area contributed by atoms with E-state index in [1.165, 1.54) is 6.20 Å². The lowest BCUT2D eigenvalue weighted by Gasteiger charge is -2.18. The normalized spacial score (nSPS) is 11.8. The summed E-state index contributed by atoms with van der Waals surface area (Å²) in [4.78, 5) is 21.0. The number of fused-ring (bicyclic) bond motifs is 1. The van der Waals surface area contributed by atoms with E-state index in [1.54, 1.807) is 41.8 Å². The second-order valence-electron chi connectivity index (χ2n) is 7.06. The first-order chi connectivity index (χ1) is 14.9. The Kier molecular flexibility index (Phi) is 5.31. The monoisotopic (exact) mass is 434 g/mol. The number of nitrogens with zero attached hydrogens (tertiary/aromatic N) is 6. The van der Waals surface area contributed by atoms with Crippen LogP contribution in [-0.2, 0) is 14.1 Å². The molecule has 1 aromatic carbocycles. The highest BCUT2D eigenvalue weighted by Crippen LogP contribution is 2.32. The lowest BCUT2D eigenvalue weighted by molar-refractivity contribution is 0.715. The van der Waals surface area contributed by atoms with Gasteiger partial charge in [0, 0.05) is 37.4 Å². The van der Waals surface area contributed by atoms with Gasteiger partial charge in [0.2, 0.25) is 0 Å². The third-order valence-electron chi connectivity index (χ3n) is 4.92. The minimum Gasteiger partial charge on any atom is -0.375 e. The molecule has 1 unspecified atom stereocenters. The van der Waals surface area contributed by atoms with Crippen molar-refractivity contribution in [1.82, 2.24) is 24.3 Å². The van der Waals surface area contributed by atoms with Gasteiger partial charge in [0.25, 0.3) is 5.56 Å². The predicted octanol–water partition coefficient (Wildman–Crippen LogP) is 3.50. The zero-order valence-electron chi connectivity index (χ0n) is 17.1. The average molecular weight is 435 g/mol. The molecular weight excluding hydrogens is 416 g/mol. The summed E-state index contributed by atoms with van der Waals surface area (Å²) in [5.41, 5.74) is 2.55. The first-order valence-corrected chi connectivity index (χ1v) is 9.83. The molecule has 1 atom stereocenters. The topological polar surface area (TPSA) is 113 Å². The van der Waals surface area contributed by atoms with Gasteiger partial charge in [0.05, 0.1) is 22.9 Å². The molecule has 31 heavy (non-hydrogen) atoms. The van der Waals surface area contributed by atoms with Crippen LogP contribution in [0.3, 0.4) is 0 Å². The van der Waals surface area contributed by atoms with Crippen LogP contribution in [0.2, 0.25) is 5.15 Å². The number of anilines is 3. The molecule has 0 aliphatic carbocycles. The van der Waals surface area contributed by atoms with E-state index in [0.29, 0.717) is 28.4 Å². The molecule has 0 aliphatic heterocycles. The molecule has 4 aromatic rings. The second-order valence-corrected chi connectivity index (χ2v) is 7.42. The first-order valence-electron chi connectivity index (χ1n) is 9.45. The maximum absolute atomic E-state index is 12.7. The SMILES string of the molecule is CC(Nc1cc(=O)n(C)c2c(Nc3ccnc(Cl)c3C#N)cccc12)c1ncn(C)n1. The molecule has 9 nitrogen and oxygen atoms in total. The molecule has 4 rings (SSSR count). The molecule has 3 heterocycles. The lowest BCUT2D eigenvalue weighted by Crippen LogP contribution is -2.19. The number of pyridine rings is 2. The molecule has 156 valence electrons. The van der Waals surface area contributed by atoms with Gasteiger partial charge in [0.1, 0.15) is 23.1 Å². The van der Waals surface area contributed by atoms with Crippen LogP contribution in [0.5, 0.6) is 0 Å². The van der Waals surface area contributed by atoms with E-state index in [4.69, 9.17) is 11.6 Å². The van der Waals surface area contributed by atoms with E-state index >= 15 is 0 Å². The van der Waals surface area contributed by atoms with Crippen LogP contribution in [0.1, 0.15) is 24.4 Å². The van der Waals surface area contributed by atoms with Gasteiger partial charge >= 0.3 is 0 Å². The van der Waals surface area contributed by atoms with Gasteiger partial charge < -0.3 is 15.2 Å². The van der Waals surface area contributed by atoms with Crippen LogP contribution < -0.4 is 16.2 Å². The minimum absolute atomic E-state index is 0.112. The van der Waals surface area contributed by atoms with Crippen molar-refractivity contribution in [3.63, 3.8) is 0 Å². The van der Waals surface area contributed by atoms with E-state index in [-0.39, 0.29) is 22.3 Å². The van der Waals surface area contributed by atoms with Gasteiger partial charge in [-0.2, -0.15) is 10.4 Å². The summed E-state index contributed by atoms with van der Waals surface area (Å²) in [6.07, 6.45) is 3.15. The predicted molar refractivity (Wildman–Crippen MR) is 119 cm³/mol. The quantitative estimate of drug-likeness (QED) is 0.462. The fraction of sp³-hybridized carbons (Fsp3) is 0.190. The summed E-state index contributed by atoms with van der Waals surface area (Å²) in [5, 5.41) is 21.3. The fourth-order valence-corrected chi connectivity index (χ4v) is 3.60. The molecule has 0 fully saturated rings. The zero-order valence-corrected chi connectivity index (χ0v) is 17.8. The molecule has 0 aliphatic rings. The van der Waals surface area contributed by atoms with Crippen molar-refractivity contribution in [2.24, 2.45) is 14.1 Å². The Morgan fingerprint density at radius 3 is 2.68 bits per heavy atom. The first kappa shape index (κ1) is 20.4. The Hall–Kier alpha value is -3.90. The van der Waals surface area contributed by atoms with Crippen molar-refractivity contribution in [2.45, 2.75) is 13.0 Å². The van der Waals surface area contributed by atoms with Crippen molar-refractivity contribution in [2.75, 3.05) is 10.6 Å². The molecule has 3 aromatic heterocycles. The third kappa shape index (κ3) is 3.81. The number of hydrogen-bond acceptors (Lipinski definition) is 7. The van der Waals surface area contributed by atoms with Gasteiger partial charge in [-0.3, -0.25) is 9.48 Å². The van der Waals surface area contributed by atoms with E-state index in [9.17, 15) is 10.1 Å². The molecule has 0 amide bonds. The van der Waals surface area contributed by atoms with E-state index in [0.717, 1.165) is 5.39 Å². The summed E-state index contributed by atoms with van der Waals surface area (Å²) in [7, 11) is 3.50. The Bertz CT molecular complexity index is 1380. The van der Waals surface area contributed by atoms with Crippen molar-refractivity contribution < 1.29 is 0 Å². The minimum atomic E-state index is -0.211. The number of hydrogen-bond donors (Lipinski definition) is 2. The van der Waals surface area contributed by atoms with Crippen molar-refractivity contribution in [1.29, 1.82) is 5.26 Å². The lowest BCUT2D eigenvalue weighted by atomic mass is 10.1. The Morgan fingerprint density at radius 2 is 1.97 bits per heavy atom. The molecule has 0 radical (unpaired) electrons.